The van der Waals surface area contributed by atoms with Crippen molar-refractivity contribution in [3.05, 3.63) is 12.7 Å². The van der Waals surface area contributed by atoms with Gasteiger partial charge in [0.05, 0.1) is 0 Å². The number of amides is 2. The minimum absolute atomic E-state index is 0. The fraction of sp³-hybridized carbons (Fsp3) is 0.714. The van der Waals surface area contributed by atoms with Crippen LogP contribution in [0.3, 0.4) is 0 Å². The fourth-order valence-electron chi connectivity index (χ4n) is 2.35. The number of hydrogen-bond donors (Lipinski definition) is 3. The zero-order valence-corrected chi connectivity index (χ0v) is 13.5. The zero-order chi connectivity index (χ0) is 14.7. The predicted octanol–water partition coefficient (Wildman–Crippen LogP) is 0.993. The second kappa shape index (κ2) is 7.09. The molecule has 20 heavy (non-hydrogen) atoms. The number of rotatable bonds is 3. The van der Waals surface area contributed by atoms with E-state index in [0.29, 0.717) is 13.0 Å². The van der Waals surface area contributed by atoms with Crippen LogP contribution in [-0.2, 0) is 9.59 Å². The highest BCUT2D eigenvalue weighted by Gasteiger charge is 2.43. The molecule has 1 heterocycles. The number of piperidine rings is 1. The van der Waals surface area contributed by atoms with Crippen molar-refractivity contribution in [2.24, 2.45) is 5.92 Å². The summed E-state index contributed by atoms with van der Waals surface area (Å²) in [5, 5.41) is 8.97. The van der Waals surface area contributed by atoms with Gasteiger partial charge in [0, 0.05) is 25.6 Å². The van der Waals surface area contributed by atoms with Crippen molar-refractivity contribution in [3.8, 4) is 0 Å². The van der Waals surface area contributed by atoms with Crippen LogP contribution in [0.25, 0.3) is 0 Å². The Morgan fingerprint density at radius 3 is 2.45 bits per heavy atom. The van der Waals surface area contributed by atoms with Gasteiger partial charge in [-0.3, -0.25) is 9.59 Å². The van der Waals surface area contributed by atoms with Crippen LogP contribution < -0.4 is 16.0 Å². The summed E-state index contributed by atoms with van der Waals surface area (Å²) in [5.74, 6) is -0.170. The summed E-state index contributed by atoms with van der Waals surface area (Å²) in [5.41, 5.74) is -1.22. The van der Waals surface area contributed by atoms with Crippen molar-refractivity contribution < 1.29 is 9.59 Å². The molecule has 0 radical (unpaired) electrons. The molecule has 0 aromatic rings. The molecule has 2 atom stereocenters. The average Bonchev–Trinajstić information content (AvgIpc) is 2.26. The Labute approximate surface area is 127 Å². The second-order valence-corrected chi connectivity index (χ2v) is 6.30. The van der Waals surface area contributed by atoms with Crippen LogP contribution in [0, 0.1) is 5.92 Å². The maximum Gasteiger partial charge on any atom is 0.247 e. The summed E-state index contributed by atoms with van der Waals surface area (Å²) in [7, 11) is 0. The molecule has 5 nitrogen and oxygen atoms in total. The lowest BCUT2D eigenvalue weighted by Gasteiger charge is -2.41. The molecule has 0 saturated carbocycles. The van der Waals surface area contributed by atoms with Gasteiger partial charge in [-0.05, 0) is 33.1 Å². The minimum atomic E-state index is -0.893. The van der Waals surface area contributed by atoms with Gasteiger partial charge < -0.3 is 16.0 Å². The molecule has 1 saturated heterocycles. The van der Waals surface area contributed by atoms with Crippen LogP contribution in [0.5, 0.6) is 0 Å². The first-order chi connectivity index (χ1) is 8.68. The molecule has 3 N–H and O–H groups in total. The fourth-order valence-corrected chi connectivity index (χ4v) is 2.35. The molecule has 0 aliphatic carbocycles. The molecule has 1 fully saturated rings. The van der Waals surface area contributed by atoms with Crippen molar-refractivity contribution in [1.82, 2.24) is 16.0 Å². The quantitative estimate of drug-likeness (QED) is 0.681. The molecule has 1 aliphatic rings. The Morgan fingerprint density at radius 2 is 2.00 bits per heavy atom. The van der Waals surface area contributed by atoms with E-state index < -0.39 is 5.54 Å². The van der Waals surface area contributed by atoms with Crippen LogP contribution in [0.2, 0.25) is 0 Å². The average molecular weight is 304 g/mol. The van der Waals surface area contributed by atoms with E-state index in [9.17, 15) is 9.59 Å². The normalized spacial score (nSPS) is 26.1. The van der Waals surface area contributed by atoms with Crippen LogP contribution in [0.15, 0.2) is 12.7 Å². The summed E-state index contributed by atoms with van der Waals surface area (Å²) in [6, 6.07) is 0. The monoisotopic (exact) mass is 303 g/mol. The highest BCUT2D eigenvalue weighted by Crippen LogP contribution is 2.23. The number of nitrogens with one attached hydrogen (secondary N) is 3. The largest absolute Gasteiger partial charge is 0.349 e. The van der Waals surface area contributed by atoms with Gasteiger partial charge in [0.1, 0.15) is 5.54 Å². The Bertz CT molecular complexity index is 379. The number of halogens is 1. The minimum Gasteiger partial charge on any atom is -0.349 e. The van der Waals surface area contributed by atoms with Crippen molar-refractivity contribution in [3.63, 3.8) is 0 Å². The van der Waals surface area contributed by atoms with Crippen LogP contribution >= 0.6 is 12.4 Å². The van der Waals surface area contributed by atoms with Gasteiger partial charge in [0.15, 0.2) is 0 Å². The highest BCUT2D eigenvalue weighted by atomic mass is 35.5. The summed E-state index contributed by atoms with van der Waals surface area (Å²) in [6.07, 6.45) is 2.40. The molecular formula is C14H26ClN3O2. The maximum atomic E-state index is 12.5. The first-order valence-electron chi connectivity index (χ1n) is 6.63. The van der Waals surface area contributed by atoms with Crippen molar-refractivity contribution in [1.29, 1.82) is 0 Å². The summed E-state index contributed by atoms with van der Waals surface area (Å²) in [6.45, 7) is 12.2. The lowest BCUT2D eigenvalue weighted by atomic mass is 9.82. The van der Waals surface area contributed by atoms with Gasteiger partial charge in [-0.2, -0.15) is 0 Å². The Hall–Kier alpha value is -1.07. The standard InChI is InChI=1S/C14H25N3O2.ClH/c1-6-11-7-14(9-15-8-11,16-10(2)18)12(19)17-13(3,4)5;/h6,11,15H,1,7-9H2,2-5H3,(H,16,18)(H,17,19);1H/t11-,14+;/m0./s1. The maximum absolute atomic E-state index is 12.5. The van der Waals surface area contributed by atoms with Crippen molar-refractivity contribution >= 4 is 24.2 Å². The molecule has 6 heteroatoms. The smallest absolute Gasteiger partial charge is 0.247 e. The van der Waals surface area contributed by atoms with E-state index in [0.717, 1.165) is 6.54 Å². The number of carbonyl (C=O) groups excluding carboxylic acids is 2. The molecule has 0 bridgehead atoms. The molecule has 116 valence electrons. The molecule has 0 spiro atoms. The predicted molar refractivity (Wildman–Crippen MR) is 82.9 cm³/mol. The Morgan fingerprint density at radius 1 is 1.40 bits per heavy atom. The van der Waals surface area contributed by atoms with Gasteiger partial charge in [0.25, 0.3) is 0 Å². The molecule has 1 rings (SSSR count). The third-order valence-corrected chi connectivity index (χ3v) is 3.12. The van der Waals surface area contributed by atoms with Gasteiger partial charge >= 0.3 is 0 Å². The lowest BCUT2D eigenvalue weighted by Crippen LogP contribution is -2.68. The van der Waals surface area contributed by atoms with Crippen LogP contribution in [0.1, 0.15) is 34.1 Å². The van der Waals surface area contributed by atoms with E-state index in [2.05, 4.69) is 22.5 Å². The van der Waals surface area contributed by atoms with E-state index >= 15 is 0 Å². The van der Waals surface area contributed by atoms with E-state index in [1.807, 2.05) is 26.8 Å². The number of hydrogen-bond acceptors (Lipinski definition) is 3. The summed E-state index contributed by atoms with van der Waals surface area (Å²) < 4.78 is 0. The molecular weight excluding hydrogens is 278 g/mol. The molecule has 1 aliphatic heterocycles. The second-order valence-electron chi connectivity index (χ2n) is 6.30. The van der Waals surface area contributed by atoms with E-state index in [4.69, 9.17) is 0 Å². The lowest BCUT2D eigenvalue weighted by molar-refractivity contribution is -0.135. The molecule has 0 unspecified atom stereocenters. The number of carbonyl (C=O) groups is 2. The van der Waals surface area contributed by atoms with Gasteiger partial charge in [-0.15, -0.1) is 19.0 Å². The highest BCUT2D eigenvalue weighted by molar-refractivity contribution is 5.91. The summed E-state index contributed by atoms with van der Waals surface area (Å²) >= 11 is 0. The first kappa shape index (κ1) is 18.9. The zero-order valence-electron chi connectivity index (χ0n) is 12.7. The molecule has 0 aromatic carbocycles. The molecule has 0 aromatic heterocycles. The van der Waals surface area contributed by atoms with Gasteiger partial charge in [-0.25, -0.2) is 0 Å². The summed E-state index contributed by atoms with van der Waals surface area (Å²) in [4.78, 5) is 24.0. The van der Waals surface area contributed by atoms with Crippen LogP contribution in [0.4, 0.5) is 0 Å². The Kier molecular flexibility index (Phi) is 6.71. The van der Waals surface area contributed by atoms with Gasteiger partial charge in [0.2, 0.25) is 11.8 Å². The SMILES string of the molecule is C=C[C@@H]1CNC[C@@](NC(C)=O)(C(=O)NC(C)(C)C)C1.Cl. The molecule has 2 amide bonds. The van der Waals surface area contributed by atoms with E-state index in [-0.39, 0.29) is 35.7 Å². The van der Waals surface area contributed by atoms with Crippen LogP contribution in [-0.4, -0.2) is 36.0 Å². The topological polar surface area (TPSA) is 70.2 Å². The van der Waals surface area contributed by atoms with Gasteiger partial charge in [-0.1, -0.05) is 6.08 Å². The Balaban J connectivity index is 0.00000361. The van der Waals surface area contributed by atoms with Crippen molar-refractivity contribution in [2.45, 2.75) is 45.2 Å². The van der Waals surface area contributed by atoms with Crippen molar-refractivity contribution in [2.75, 3.05) is 13.1 Å². The first-order valence-corrected chi connectivity index (χ1v) is 6.63. The van der Waals surface area contributed by atoms with E-state index in [1.54, 1.807) is 0 Å². The van der Waals surface area contributed by atoms with E-state index in [1.165, 1.54) is 6.92 Å². The third-order valence-electron chi connectivity index (χ3n) is 3.12. The third kappa shape index (κ3) is 5.13.